The highest BCUT2D eigenvalue weighted by Gasteiger charge is 2.46. The number of aryl methyl sites for hydroxylation is 2. The zero-order valence-electron chi connectivity index (χ0n) is 42.4. The average Bonchev–Trinajstić information content (AvgIpc) is 3.43. The lowest BCUT2D eigenvalue weighted by Crippen LogP contribution is -2.38. The number of rotatable bonds is 8. The van der Waals surface area contributed by atoms with E-state index in [1.807, 2.05) is 0 Å². The van der Waals surface area contributed by atoms with Crippen molar-refractivity contribution >= 4 is 72.7 Å². The summed E-state index contributed by atoms with van der Waals surface area (Å²) in [6, 6.07) is 88.1. The van der Waals surface area contributed by atoms with Gasteiger partial charge in [0.1, 0.15) is 0 Å². The monoisotopic (exact) mass is 939 g/mol. The fourth-order valence-corrected chi connectivity index (χ4v) is 11.8. The summed E-state index contributed by atoms with van der Waals surface area (Å²) in [7, 11) is 0. The van der Waals surface area contributed by atoms with Crippen LogP contribution in [0.5, 0.6) is 0 Å². The minimum absolute atomic E-state index is 0.291. The second-order valence-electron chi connectivity index (χ2n) is 21.3. The summed E-state index contributed by atoms with van der Waals surface area (Å²) in [4.78, 5) is 7.46. The molecule has 2 aliphatic rings. The van der Waals surface area contributed by atoms with Crippen molar-refractivity contribution in [1.82, 2.24) is 0 Å². The van der Waals surface area contributed by atoms with Crippen molar-refractivity contribution in [1.29, 1.82) is 0 Å². The van der Waals surface area contributed by atoms with Crippen LogP contribution >= 0.6 is 0 Å². The predicted octanol–water partition coefficient (Wildman–Crippen LogP) is 19.6. The highest BCUT2D eigenvalue weighted by atomic mass is 15.2. The summed E-state index contributed by atoms with van der Waals surface area (Å²) in [5.74, 6) is 0. The van der Waals surface area contributed by atoms with Crippen molar-refractivity contribution in [2.75, 3.05) is 14.7 Å². The molecule has 0 fully saturated rings. The van der Waals surface area contributed by atoms with Crippen LogP contribution in [-0.4, -0.2) is 0 Å². The van der Waals surface area contributed by atoms with E-state index in [0.717, 1.165) is 34.1 Å². The normalized spacial score (nSPS) is 13.8. The van der Waals surface area contributed by atoms with Crippen LogP contribution in [0.3, 0.4) is 0 Å². The van der Waals surface area contributed by atoms with E-state index in [4.69, 9.17) is 0 Å². The fourth-order valence-electron chi connectivity index (χ4n) is 11.8. The standard InChI is InChI=1S/C70H57N3/c1-46-19-31-56(32-20-46)71(58-35-27-50(28-36-58)54-25-23-48-13-7-9-15-52(48)41-54)60-39-40-67-63(43-60)70(5,6)65-45-61(44-64-68(65)73(67)66-18-12-11-17-62(66)69(64,3)4)72(57-33-21-47(2)22-34-57)59-37-29-51(30-38-59)55-26-24-49-14-8-10-16-53(49)42-55/h7-45H,1-6H3. The van der Waals surface area contributed by atoms with Gasteiger partial charge in [-0.1, -0.05) is 178 Å². The van der Waals surface area contributed by atoms with E-state index in [1.165, 1.54) is 94.2 Å². The van der Waals surface area contributed by atoms with Gasteiger partial charge in [-0.2, -0.15) is 0 Å². The second-order valence-corrected chi connectivity index (χ2v) is 21.3. The van der Waals surface area contributed by atoms with E-state index in [0.29, 0.717) is 0 Å². The summed E-state index contributed by atoms with van der Waals surface area (Å²) in [6.45, 7) is 14.0. The van der Waals surface area contributed by atoms with Gasteiger partial charge in [-0.05, 0) is 177 Å². The molecule has 0 amide bonds. The molecule has 352 valence electrons. The van der Waals surface area contributed by atoms with Crippen LogP contribution in [0, 0.1) is 13.8 Å². The van der Waals surface area contributed by atoms with E-state index in [1.54, 1.807) is 0 Å². The highest BCUT2D eigenvalue weighted by Crippen LogP contribution is 2.62. The van der Waals surface area contributed by atoms with Gasteiger partial charge in [-0.3, -0.25) is 0 Å². The molecule has 0 aliphatic carbocycles. The molecule has 3 heteroatoms. The van der Waals surface area contributed by atoms with Gasteiger partial charge in [0.2, 0.25) is 0 Å². The summed E-state index contributed by atoms with van der Waals surface area (Å²) < 4.78 is 0. The summed E-state index contributed by atoms with van der Waals surface area (Å²) in [6.07, 6.45) is 0. The van der Waals surface area contributed by atoms with Gasteiger partial charge in [0.15, 0.2) is 0 Å². The van der Waals surface area contributed by atoms with Crippen LogP contribution < -0.4 is 14.7 Å². The van der Waals surface area contributed by atoms with Crippen molar-refractivity contribution in [3.8, 4) is 22.3 Å². The molecule has 0 aromatic heterocycles. The lowest BCUT2D eigenvalue weighted by molar-refractivity contribution is 0.597. The smallest absolute Gasteiger partial charge is 0.0545 e. The molecule has 0 saturated heterocycles. The molecule has 2 heterocycles. The molecular formula is C70H57N3. The van der Waals surface area contributed by atoms with Crippen LogP contribution in [0.4, 0.5) is 51.2 Å². The Morgan fingerprint density at radius 2 is 0.658 bits per heavy atom. The maximum Gasteiger partial charge on any atom is 0.0545 e. The van der Waals surface area contributed by atoms with E-state index < -0.39 is 5.41 Å². The average molecular weight is 940 g/mol. The van der Waals surface area contributed by atoms with Gasteiger partial charge in [-0.25, -0.2) is 0 Å². The van der Waals surface area contributed by atoms with Crippen LogP contribution in [0.25, 0.3) is 43.8 Å². The van der Waals surface area contributed by atoms with Crippen molar-refractivity contribution in [2.45, 2.75) is 52.4 Å². The van der Waals surface area contributed by atoms with Crippen LogP contribution in [0.15, 0.2) is 237 Å². The molecule has 0 spiro atoms. The second kappa shape index (κ2) is 17.0. The molecule has 13 rings (SSSR count). The van der Waals surface area contributed by atoms with E-state index in [-0.39, 0.29) is 5.41 Å². The molecule has 0 atom stereocenters. The minimum atomic E-state index is -0.401. The number of nitrogens with zero attached hydrogens (tertiary/aromatic N) is 3. The number of benzene rings is 11. The van der Waals surface area contributed by atoms with Crippen LogP contribution in [-0.2, 0) is 10.8 Å². The molecule has 0 radical (unpaired) electrons. The van der Waals surface area contributed by atoms with Gasteiger partial charge in [-0.15, -0.1) is 0 Å². The lowest BCUT2D eigenvalue weighted by Gasteiger charge is -2.50. The van der Waals surface area contributed by atoms with Crippen molar-refractivity contribution in [3.63, 3.8) is 0 Å². The third-order valence-corrected chi connectivity index (χ3v) is 15.9. The molecule has 0 saturated carbocycles. The predicted molar refractivity (Wildman–Crippen MR) is 310 cm³/mol. The maximum absolute atomic E-state index is 2.57. The number of para-hydroxylation sites is 1. The summed E-state index contributed by atoms with van der Waals surface area (Å²) >= 11 is 0. The molecule has 0 unspecified atom stereocenters. The van der Waals surface area contributed by atoms with Crippen LogP contribution in [0.2, 0.25) is 0 Å². The number of hydrogen-bond donors (Lipinski definition) is 0. The Balaban J connectivity index is 0.967. The zero-order valence-corrected chi connectivity index (χ0v) is 42.4. The molecule has 0 bridgehead atoms. The first-order valence-electron chi connectivity index (χ1n) is 25.6. The third-order valence-electron chi connectivity index (χ3n) is 15.9. The molecule has 73 heavy (non-hydrogen) atoms. The van der Waals surface area contributed by atoms with Gasteiger partial charge in [0, 0.05) is 45.0 Å². The van der Waals surface area contributed by atoms with Gasteiger partial charge in [0.05, 0.1) is 17.1 Å². The van der Waals surface area contributed by atoms with Gasteiger partial charge in [0.25, 0.3) is 0 Å². The van der Waals surface area contributed by atoms with Crippen molar-refractivity contribution in [3.05, 3.63) is 270 Å². The quantitative estimate of drug-likeness (QED) is 0.150. The molecule has 11 aromatic rings. The Bertz CT molecular complexity index is 3920. The Morgan fingerprint density at radius 3 is 1.16 bits per heavy atom. The Kier molecular flexibility index (Phi) is 10.3. The van der Waals surface area contributed by atoms with Crippen molar-refractivity contribution in [2.24, 2.45) is 0 Å². The van der Waals surface area contributed by atoms with Crippen LogP contribution in [0.1, 0.15) is 61.1 Å². The zero-order chi connectivity index (χ0) is 49.6. The first-order chi connectivity index (χ1) is 35.5. The lowest BCUT2D eigenvalue weighted by atomic mass is 9.66. The molecule has 2 aliphatic heterocycles. The SMILES string of the molecule is Cc1ccc(N(c2ccc(-c3ccc4ccccc4c3)cc2)c2ccc3c(c2)C(C)(C)c2cc(N(c4ccc(C)cc4)c4ccc(-c5ccc6ccccc6c5)cc4)cc4c2N3c2ccccc2C4(C)C)cc1. The molecule has 0 N–H and O–H groups in total. The minimum Gasteiger partial charge on any atom is -0.310 e. The molecular weight excluding hydrogens is 883 g/mol. The number of fused-ring (bicyclic) bond motifs is 6. The van der Waals surface area contributed by atoms with E-state index in [9.17, 15) is 0 Å². The molecule has 11 aromatic carbocycles. The summed E-state index contributed by atoms with van der Waals surface area (Å²) in [5.41, 5.74) is 22.3. The number of anilines is 9. The maximum atomic E-state index is 2.57. The topological polar surface area (TPSA) is 9.72 Å². The Labute approximate surface area is 429 Å². The van der Waals surface area contributed by atoms with E-state index >= 15 is 0 Å². The van der Waals surface area contributed by atoms with Gasteiger partial charge < -0.3 is 14.7 Å². The Morgan fingerprint density at radius 1 is 0.288 bits per heavy atom. The summed E-state index contributed by atoms with van der Waals surface area (Å²) in [5, 5.41) is 5.00. The number of hydrogen-bond acceptors (Lipinski definition) is 3. The van der Waals surface area contributed by atoms with Gasteiger partial charge >= 0.3 is 0 Å². The fraction of sp³-hybridized carbons (Fsp3) is 0.114. The highest BCUT2D eigenvalue weighted by molar-refractivity contribution is 5.97. The Hall–Kier alpha value is -8.66. The van der Waals surface area contributed by atoms with Crippen molar-refractivity contribution < 1.29 is 0 Å². The first kappa shape index (κ1) is 44.3. The molecule has 3 nitrogen and oxygen atoms in total. The third kappa shape index (κ3) is 7.41. The first-order valence-corrected chi connectivity index (χ1v) is 25.6. The van der Waals surface area contributed by atoms with E-state index in [2.05, 4.69) is 293 Å². The largest absolute Gasteiger partial charge is 0.310 e.